The smallest absolute Gasteiger partial charge is 0.378 e. The largest absolute Gasteiger partial charge is 0.416 e. The van der Waals surface area contributed by atoms with Gasteiger partial charge in [-0.25, -0.2) is 0 Å². The molecule has 1 atom stereocenters. The number of aromatic nitrogens is 1. The molecular formula is C30H29F3N2O2. The number of morpholine rings is 1. The van der Waals surface area contributed by atoms with Crippen molar-refractivity contribution in [2.45, 2.75) is 32.0 Å². The Labute approximate surface area is 214 Å². The minimum absolute atomic E-state index is 0.0823. The lowest BCUT2D eigenvalue weighted by atomic mass is 9.87. The molecule has 4 nitrogen and oxygen atoms in total. The average Bonchev–Trinajstić information content (AvgIpc) is 3.26. The number of ether oxygens (including phenoxy) is 1. The third-order valence-electron chi connectivity index (χ3n) is 7.03. The van der Waals surface area contributed by atoms with Gasteiger partial charge in [-0.3, -0.25) is 4.79 Å². The van der Waals surface area contributed by atoms with Gasteiger partial charge in [0.05, 0.1) is 18.8 Å². The first-order valence-corrected chi connectivity index (χ1v) is 12.5. The molecule has 0 N–H and O–H groups in total. The number of aryl methyl sites for hydroxylation is 1. The van der Waals surface area contributed by atoms with Crippen LogP contribution in [0.4, 0.5) is 13.2 Å². The fraction of sp³-hybridized carbons (Fsp3) is 0.300. The first-order chi connectivity index (χ1) is 17.8. The van der Waals surface area contributed by atoms with E-state index in [1.165, 1.54) is 17.7 Å². The van der Waals surface area contributed by atoms with Crippen molar-refractivity contribution in [3.8, 4) is 0 Å². The molecule has 5 rings (SSSR count). The van der Waals surface area contributed by atoms with Gasteiger partial charge in [0.15, 0.2) is 0 Å². The van der Waals surface area contributed by atoms with E-state index in [2.05, 4.69) is 28.8 Å². The van der Waals surface area contributed by atoms with Gasteiger partial charge in [-0.2, -0.15) is 13.2 Å². The van der Waals surface area contributed by atoms with Gasteiger partial charge >= 0.3 is 6.18 Å². The summed E-state index contributed by atoms with van der Waals surface area (Å²) in [6.07, 6.45) is -2.38. The fourth-order valence-corrected chi connectivity index (χ4v) is 5.03. The number of carbonyl (C=O) groups excluding carboxylic acids is 1. The van der Waals surface area contributed by atoms with E-state index < -0.39 is 17.7 Å². The molecule has 0 aliphatic carbocycles. The molecule has 1 fully saturated rings. The number of fused-ring (bicyclic) bond motifs is 1. The van der Waals surface area contributed by atoms with Crippen LogP contribution < -0.4 is 0 Å². The van der Waals surface area contributed by atoms with Gasteiger partial charge in [-0.05, 0) is 35.7 Å². The number of nitrogens with zero attached hydrogens (tertiary/aromatic N) is 2. The van der Waals surface area contributed by atoms with E-state index in [4.69, 9.17) is 4.74 Å². The summed E-state index contributed by atoms with van der Waals surface area (Å²) in [7, 11) is 0. The van der Waals surface area contributed by atoms with Gasteiger partial charge in [-0.15, -0.1) is 0 Å². The summed E-state index contributed by atoms with van der Waals surface area (Å²) in [6.45, 7) is 4.57. The molecular weight excluding hydrogens is 477 g/mol. The van der Waals surface area contributed by atoms with E-state index in [9.17, 15) is 18.0 Å². The Bertz CT molecular complexity index is 1390. The Kier molecular flexibility index (Phi) is 7.07. The molecule has 4 aromatic rings. The Balaban J connectivity index is 1.59. The number of hydrogen-bond donors (Lipinski definition) is 0. The number of rotatable bonds is 6. The van der Waals surface area contributed by atoms with Crippen molar-refractivity contribution in [2.75, 3.05) is 26.3 Å². The standard InChI is InChI=1S/C30H29F3N2O2/c1-21-9-11-22(12-10-21)19-35-20-27(25-7-2-3-8-28(25)35)26(18-29(36)34-13-15-37-16-14-34)23-5-4-6-24(17-23)30(31,32)33/h2-12,17,20,26H,13-16,18-19H2,1H3/t26-/m0/s1. The predicted molar refractivity (Wildman–Crippen MR) is 138 cm³/mol. The van der Waals surface area contributed by atoms with Crippen molar-refractivity contribution >= 4 is 16.8 Å². The van der Waals surface area contributed by atoms with Gasteiger partial charge in [0.2, 0.25) is 5.91 Å². The molecule has 7 heteroatoms. The van der Waals surface area contributed by atoms with Crippen LogP contribution >= 0.6 is 0 Å². The zero-order valence-corrected chi connectivity index (χ0v) is 20.7. The molecule has 192 valence electrons. The van der Waals surface area contributed by atoms with E-state index in [1.54, 1.807) is 11.0 Å². The van der Waals surface area contributed by atoms with Crippen molar-refractivity contribution in [3.63, 3.8) is 0 Å². The maximum absolute atomic E-state index is 13.6. The average molecular weight is 507 g/mol. The Morgan fingerprint density at radius 2 is 1.70 bits per heavy atom. The lowest BCUT2D eigenvalue weighted by Gasteiger charge is -2.29. The highest BCUT2D eigenvalue weighted by Crippen LogP contribution is 2.38. The maximum atomic E-state index is 13.6. The summed E-state index contributed by atoms with van der Waals surface area (Å²) in [5, 5.41) is 0.937. The zero-order valence-electron chi connectivity index (χ0n) is 20.7. The molecule has 0 radical (unpaired) electrons. The molecule has 0 spiro atoms. The van der Waals surface area contributed by atoms with E-state index in [-0.39, 0.29) is 12.3 Å². The summed E-state index contributed by atoms with van der Waals surface area (Å²) >= 11 is 0. The number of alkyl halides is 3. The van der Waals surface area contributed by atoms with Crippen molar-refractivity contribution in [2.24, 2.45) is 0 Å². The minimum Gasteiger partial charge on any atom is -0.378 e. The van der Waals surface area contributed by atoms with Crippen molar-refractivity contribution in [3.05, 3.63) is 107 Å². The van der Waals surface area contributed by atoms with Crippen molar-refractivity contribution in [1.82, 2.24) is 9.47 Å². The Morgan fingerprint density at radius 1 is 0.973 bits per heavy atom. The second-order valence-corrected chi connectivity index (χ2v) is 9.59. The highest BCUT2D eigenvalue weighted by molar-refractivity contribution is 5.87. The Morgan fingerprint density at radius 3 is 2.43 bits per heavy atom. The second kappa shape index (κ2) is 10.4. The van der Waals surface area contributed by atoms with E-state index >= 15 is 0 Å². The monoisotopic (exact) mass is 506 g/mol. The molecule has 37 heavy (non-hydrogen) atoms. The Hall–Kier alpha value is -3.58. The fourth-order valence-electron chi connectivity index (χ4n) is 5.03. The van der Waals surface area contributed by atoms with E-state index in [0.717, 1.165) is 28.1 Å². The number of halogens is 3. The lowest BCUT2D eigenvalue weighted by molar-refractivity contribution is -0.137. The lowest BCUT2D eigenvalue weighted by Crippen LogP contribution is -2.41. The van der Waals surface area contributed by atoms with Gasteiger partial charge in [0.25, 0.3) is 0 Å². The summed E-state index contributed by atoms with van der Waals surface area (Å²) in [5.41, 5.74) is 3.90. The number of benzene rings is 3. The van der Waals surface area contributed by atoms with Gasteiger partial charge < -0.3 is 14.2 Å². The highest BCUT2D eigenvalue weighted by atomic mass is 19.4. The molecule has 3 aromatic carbocycles. The van der Waals surface area contributed by atoms with Crippen LogP contribution in [0, 0.1) is 6.92 Å². The summed E-state index contributed by atoms with van der Waals surface area (Å²) in [5.74, 6) is -0.608. The number of carbonyl (C=O) groups is 1. The van der Waals surface area contributed by atoms with Crippen LogP contribution in [0.15, 0.2) is 79.0 Å². The number of hydrogen-bond acceptors (Lipinski definition) is 2. The van der Waals surface area contributed by atoms with Crippen LogP contribution in [0.3, 0.4) is 0 Å². The third-order valence-corrected chi connectivity index (χ3v) is 7.03. The molecule has 1 aliphatic rings. The summed E-state index contributed by atoms with van der Waals surface area (Å²) in [6, 6.07) is 21.5. The topological polar surface area (TPSA) is 34.5 Å². The van der Waals surface area contributed by atoms with Crippen molar-refractivity contribution < 1.29 is 22.7 Å². The van der Waals surface area contributed by atoms with Gasteiger partial charge in [0.1, 0.15) is 0 Å². The number of para-hydroxylation sites is 1. The van der Waals surface area contributed by atoms with Crippen LogP contribution in [-0.2, 0) is 22.3 Å². The predicted octanol–water partition coefficient (Wildman–Crippen LogP) is 6.40. The first kappa shape index (κ1) is 25.1. The minimum atomic E-state index is -4.46. The van der Waals surface area contributed by atoms with Crippen LogP contribution in [0.5, 0.6) is 0 Å². The molecule has 1 amide bonds. The van der Waals surface area contributed by atoms with E-state index in [0.29, 0.717) is 38.4 Å². The maximum Gasteiger partial charge on any atom is 0.416 e. The number of amides is 1. The summed E-state index contributed by atoms with van der Waals surface area (Å²) < 4.78 is 48.4. The zero-order chi connectivity index (χ0) is 26.0. The van der Waals surface area contributed by atoms with Gasteiger partial charge in [0, 0.05) is 49.1 Å². The quantitative estimate of drug-likeness (QED) is 0.303. The molecule has 1 aromatic heterocycles. The molecule has 2 heterocycles. The molecule has 0 bridgehead atoms. The van der Waals surface area contributed by atoms with Gasteiger partial charge in [-0.1, -0.05) is 66.2 Å². The normalized spacial score (nSPS) is 15.2. The van der Waals surface area contributed by atoms with E-state index in [1.807, 2.05) is 37.4 Å². The summed E-state index contributed by atoms with van der Waals surface area (Å²) in [4.78, 5) is 15.1. The van der Waals surface area contributed by atoms with Crippen LogP contribution in [0.2, 0.25) is 0 Å². The molecule has 0 saturated carbocycles. The first-order valence-electron chi connectivity index (χ1n) is 12.5. The molecule has 1 saturated heterocycles. The highest BCUT2D eigenvalue weighted by Gasteiger charge is 2.32. The van der Waals surface area contributed by atoms with Crippen LogP contribution in [0.25, 0.3) is 10.9 Å². The SMILES string of the molecule is Cc1ccc(Cn2cc([C@@H](CC(=O)N3CCOCC3)c3cccc(C(F)(F)F)c3)c3ccccc32)cc1. The second-order valence-electron chi connectivity index (χ2n) is 9.59. The molecule has 1 aliphatic heterocycles. The van der Waals surface area contributed by atoms with Crippen LogP contribution in [0.1, 0.15) is 40.2 Å². The van der Waals surface area contributed by atoms with Crippen LogP contribution in [-0.4, -0.2) is 41.7 Å². The molecule has 0 unspecified atom stereocenters. The van der Waals surface area contributed by atoms with Crippen molar-refractivity contribution in [1.29, 1.82) is 0 Å². The third kappa shape index (κ3) is 5.57.